The van der Waals surface area contributed by atoms with Gasteiger partial charge in [-0.3, -0.25) is 4.79 Å². The number of rotatable bonds is 2. The number of carbonyl (C=O) groups excluding carboxylic acids is 1. The fraction of sp³-hybridized carbons (Fsp3) is 0.500. The summed E-state index contributed by atoms with van der Waals surface area (Å²) in [6, 6.07) is 6.05. The van der Waals surface area contributed by atoms with Crippen molar-refractivity contribution in [2.75, 3.05) is 23.8 Å². The zero-order valence-corrected chi connectivity index (χ0v) is 10.4. The summed E-state index contributed by atoms with van der Waals surface area (Å²) in [4.78, 5) is 11.9. The van der Waals surface area contributed by atoms with Crippen molar-refractivity contribution in [1.29, 1.82) is 0 Å². The fourth-order valence-corrected chi connectivity index (χ4v) is 2.56. The summed E-state index contributed by atoms with van der Waals surface area (Å²) in [5, 5.41) is 6.30. The molecular weight excluding hydrogens is 228 g/mol. The number of benzene rings is 1. The van der Waals surface area contributed by atoms with Crippen LogP contribution in [0.2, 0.25) is 0 Å². The molecule has 2 N–H and O–H groups in total. The lowest BCUT2D eigenvalue weighted by Gasteiger charge is -2.19. The highest BCUT2D eigenvalue weighted by Gasteiger charge is 2.23. The van der Waals surface area contributed by atoms with Crippen molar-refractivity contribution in [3.63, 3.8) is 0 Å². The van der Waals surface area contributed by atoms with Crippen molar-refractivity contribution in [2.45, 2.75) is 31.8 Å². The summed E-state index contributed by atoms with van der Waals surface area (Å²) < 4.78 is 5.38. The topological polar surface area (TPSA) is 50.4 Å². The van der Waals surface area contributed by atoms with Crippen molar-refractivity contribution >= 4 is 17.3 Å². The summed E-state index contributed by atoms with van der Waals surface area (Å²) in [6.07, 6.45) is 3.77. The minimum absolute atomic E-state index is 0.0174. The molecule has 1 amide bonds. The van der Waals surface area contributed by atoms with Gasteiger partial charge in [-0.25, -0.2) is 0 Å². The SMILES string of the molecule is O=C(Nc1ccc2c(c1)CCCN2)C1CCCO1. The van der Waals surface area contributed by atoms with Gasteiger partial charge in [0.1, 0.15) is 6.10 Å². The Labute approximate surface area is 107 Å². The Kier molecular flexibility index (Phi) is 3.19. The van der Waals surface area contributed by atoms with Crippen LogP contribution in [0.4, 0.5) is 11.4 Å². The summed E-state index contributed by atoms with van der Waals surface area (Å²) >= 11 is 0. The van der Waals surface area contributed by atoms with Gasteiger partial charge in [-0.2, -0.15) is 0 Å². The molecule has 1 unspecified atom stereocenters. The molecule has 2 aliphatic rings. The Hall–Kier alpha value is -1.55. The van der Waals surface area contributed by atoms with Crippen LogP contribution in [0.5, 0.6) is 0 Å². The van der Waals surface area contributed by atoms with E-state index in [0.29, 0.717) is 6.61 Å². The molecule has 96 valence electrons. The first-order chi connectivity index (χ1) is 8.83. The van der Waals surface area contributed by atoms with Crippen LogP contribution in [0, 0.1) is 0 Å². The van der Waals surface area contributed by atoms with Crippen LogP contribution in [-0.4, -0.2) is 25.2 Å². The van der Waals surface area contributed by atoms with E-state index in [1.54, 1.807) is 0 Å². The molecule has 1 fully saturated rings. The average Bonchev–Trinajstić information content (AvgIpc) is 2.92. The number of nitrogens with one attached hydrogen (secondary N) is 2. The lowest BCUT2D eigenvalue weighted by atomic mass is 10.0. The second-order valence-corrected chi connectivity index (χ2v) is 4.89. The Balaban J connectivity index is 1.70. The molecule has 0 aliphatic carbocycles. The first kappa shape index (κ1) is 11.5. The van der Waals surface area contributed by atoms with Crippen LogP contribution in [-0.2, 0) is 16.0 Å². The summed E-state index contributed by atoms with van der Waals surface area (Å²) in [7, 11) is 0. The molecule has 1 aromatic rings. The van der Waals surface area contributed by atoms with E-state index in [-0.39, 0.29) is 12.0 Å². The molecule has 4 nitrogen and oxygen atoms in total. The molecule has 3 rings (SSSR count). The maximum Gasteiger partial charge on any atom is 0.253 e. The molecule has 2 aliphatic heterocycles. The molecule has 1 atom stereocenters. The van der Waals surface area contributed by atoms with Gasteiger partial charge in [0.2, 0.25) is 0 Å². The molecule has 0 saturated carbocycles. The minimum Gasteiger partial charge on any atom is -0.385 e. The zero-order chi connectivity index (χ0) is 12.4. The molecule has 4 heteroatoms. The maximum atomic E-state index is 11.9. The van der Waals surface area contributed by atoms with E-state index in [4.69, 9.17) is 4.74 Å². The quantitative estimate of drug-likeness (QED) is 0.840. The molecule has 1 saturated heterocycles. The zero-order valence-electron chi connectivity index (χ0n) is 10.4. The molecule has 0 aromatic heterocycles. The molecular formula is C14H18N2O2. The maximum absolute atomic E-state index is 11.9. The van der Waals surface area contributed by atoms with Gasteiger partial charge >= 0.3 is 0 Å². The number of amides is 1. The Morgan fingerprint density at radius 1 is 1.39 bits per heavy atom. The number of anilines is 2. The number of hydrogen-bond acceptors (Lipinski definition) is 3. The Morgan fingerprint density at radius 2 is 2.33 bits per heavy atom. The lowest BCUT2D eigenvalue weighted by Crippen LogP contribution is -2.27. The van der Waals surface area contributed by atoms with Crippen LogP contribution in [0.3, 0.4) is 0 Å². The van der Waals surface area contributed by atoms with Crippen molar-refractivity contribution < 1.29 is 9.53 Å². The van der Waals surface area contributed by atoms with E-state index >= 15 is 0 Å². The molecule has 0 spiro atoms. The number of hydrogen-bond donors (Lipinski definition) is 2. The molecule has 18 heavy (non-hydrogen) atoms. The first-order valence-corrected chi connectivity index (χ1v) is 6.62. The van der Waals surface area contributed by atoms with Crippen molar-refractivity contribution in [3.8, 4) is 0 Å². The van der Waals surface area contributed by atoms with E-state index in [9.17, 15) is 4.79 Å². The molecule has 1 aromatic carbocycles. The summed E-state index contributed by atoms with van der Waals surface area (Å²) in [5.41, 5.74) is 3.35. The van der Waals surface area contributed by atoms with E-state index in [1.807, 2.05) is 12.1 Å². The van der Waals surface area contributed by atoms with Crippen LogP contribution in [0.15, 0.2) is 18.2 Å². The second-order valence-electron chi connectivity index (χ2n) is 4.89. The van der Waals surface area contributed by atoms with E-state index in [0.717, 1.165) is 37.9 Å². The van der Waals surface area contributed by atoms with Gasteiger partial charge in [-0.1, -0.05) is 0 Å². The third kappa shape index (κ3) is 2.34. The number of fused-ring (bicyclic) bond motifs is 1. The molecule has 0 radical (unpaired) electrons. The van der Waals surface area contributed by atoms with Gasteiger partial charge in [0.15, 0.2) is 0 Å². The highest BCUT2D eigenvalue weighted by Crippen LogP contribution is 2.25. The third-order valence-corrected chi connectivity index (χ3v) is 3.53. The van der Waals surface area contributed by atoms with E-state index in [1.165, 1.54) is 11.3 Å². The van der Waals surface area contributed by atoms with Crippen LogP contribution in [0.1, 0.15) is 24.8 Å². The van der Waals surface area contributed by atoms with E-state index < -0.39 is 0 Å². The van der Waals surface area contributed by atoms with Crippen LogP contribution in [0.25, 0.3) is 0 Å². The highest BCUT2D eigenvalue weighted by atomic mass is 16.5. The van der Waals surface area contributed by atoms with Crippen molar-refractivity contribution in [2.24, 2.45) is 0 Å². The second kappa shape index (κ2) is 4.98. The lowest BCUT2D eigenvalue weighted by molar-refractivity contribution is -0.124. The fourth-order valence-electron chi connectivity index (χ4n) is 2.56. The predicted octanol–water partition coefficient (Wildman–Crippen LogP) is 2.16. The molecule has 2 heterocycles. The number of aryl methyl sites for hydroxylation is 1. The van der Waals surface area contributed by atoms with Crippen LogP contribution >= 0.6 is 0 Å². The Bertz CT molecular complexity index is 453. The molecule has 0 bridgehead atoms. The van der Waals surface area contributed by atoms with Gasteiger partial charge < -0.3 is 15.4 Å². The van der Waals surface area contributed by atoms with Gasteiger partial charge in [0.05, 0.1) is 0 Å². The van der Waals surface area contributed by atoms with Crippen molar-refractivity contribution in [3.05, 3.63) is 23.8 Å². The predicted molar refractivity (Wildman–Crippen MR) is 70.9 cm³/mol. The standard InChI is InChI=1S/C14H18N2O2/c17-14(13-4-2-8-18-13)16-11-5-6-12-10(9-11)3-1-7-15-12/h5-6,9,13,15H,1-4,7-8H2,(H,16,17). The largest absolute Gasteiger partial charge is 0.385 e. The third-order valence-electron chi connectivity index (χ3n) is 3.53. The average molecular weight is 246 g/mol. The Morgan fingerprint density at radius 3 is 3.17 bits per heavy atom. The highest BCUT2D eigenvalue weighted by molar-refractivity contribution is 5.94. The van der Waals surface area contributed by atoms with E-state index in [2.05, 4.69) is 16.7 Å². The first-order valence-electron chi connectivity index (χ1n) is 6.62. The normalized spacial score (nSPS) is 22.1. The summed E-state index contributed by atoms with van der Waals surface area (Å²) in [5.74, 6) is -0.0174. The van der Waals surface area contributed by atoms with Crippen molar-refractivity contribution in [1.82, 2.24) is 0 Å². The summed E-state index contributed by atoms with van der Waals surface area (Å²) in [6.45, 7) is 1.74. The smallest absolute Gasteiger partial charge is 0.253 e. The monoisotopic (exact) mass is 246 g/mol. The number of carbonyl (C=O) groups is 1. The van der Waals surface area contributed by atoms with Gasteiger partial charge in [0.25, 0.3) is 5.91 Å². The van der Waals surface area contributed by atoms with Crippen LogP contribution < -0.4 is 10.6 Å². The van der Waals surface area contributed by atoms with Gasteiger partial charge in [0, 0.05) is 24.5 Å². The number of ether oxygens (including phenoxy) is 1. The minimum atomic E-state index is -0.265. The van der Waals surface area contributed by atoms with Gasteiger partial charge in [-0.05, 0) is 49.4 Å². The van der Waals surface area contributed by atoms with Gasteiger partial charge in [-0.15, -0.1) is 0 Å².